The molecule has 1 aliphatic heterocycles. The molecule has 2 heterocycles. The van der Waals surface area contributed by atoms with Crippen LogP contribution in [0.3, 0.4) is 0 Å². The molecule has 1 saturated heterocycles. The maximum absolute atomic E-state index is 13.8. The number of carbonyl (C=O) groups is 1. The first kappa shape index (κ1) is 27.0. The van der Waals surface area contributed by atoms with Gasteiger partial charge in [-0.1, -0.05) is 36.8 Å². The largest absolute Gasteiger partial charge is 0.493 e. The molecule has 204 valence electrons. The number of methoxy groups -OCH3 is 1. The minimum absolute atomic E-state index is 0.0233. The highest BCUT2D eigenvalue weighted by Crippen LogP contribution is 2.44. The van der Waals surface area contributed by atoms with Gasteiger partial charge in [0, 0.05) is 42.4 Å². The number of piperidine rings is 1. The summed E-state index contributed by atoms with van der Waals surface area (Å²) in [4.78, 5) is 18.3. The van der Waals surface area contributed by atoms with E-state index in [0.29, 0.717) is 35.8 Å². The number of ketones is 1. The fraction of sp³-hybridized carbons (Fsp3) is 0.344. The molecule has 0 saturated carbocycles. The van der Waals surface area contributed by atoms with Gasteiger partial charge in [-0.15, -0.1) is 11.3 Å². The van der Waals surface area contributed by atoms with E-state index < -0.39 is 0 Å². The second-order valence-corrected chi connectivity index (χ2v) is 11.1. The molecule has 0 N–H and O–H groups in total. The molecule has 0 bridgehead atoms. The molecule has 1 fully saturated rings. The monoisotopic (exact) mass is 544 g/mol. The van der Waals surface area contributed by atoms with E-state index in [-0.39, 0.29) is 5.78 Å². The van der Waals surface area contributed by atoms with Gasteiger partial charge in [0.2, 0.25) is 0 Å². The second-order valence-electron chi connectivity index (χ2n) is 10.1. The molecular weight excluding hydrogens is 508 g/mol. The summed E-state index contributed by atoms with van der Waals surface area (Å²) in [5.74, 6) is 2.02. The van der Waals surface area contributed by atoms with E-state index in [1.54, 1.807) is 18.4 Å². The SMILES string of the molecule is COc1cc2c(C(=O)c3ccc(OCCN4CCCCC4)cc3)c(N(C)C)sc2cc1OCc1ccccc1. The predicted octanol–water partition coefficient (Wildman–Crippen LogP) is 6.65. The van der Waals surface area contributed by atoms with Crippen LogP contribution >= 0.6 is 11.3 Å². The summed E-state index contributed by atoms with van der Waals surface area (Å²) < 4.78 is 18.8. The third kappa shape index (κ3) is 6.37. The number of fused-ring (bicyclic) bond motifs is 1. The molecule has 1 aromatic heterocycles. The Bertz CT molecular complexity index is 1390. The van der Waals surface area contributed by atoms with Crippen molar-refractivity contribution in [2.75, 3.05) is 52.3 Å². The van der Waals surface area contributed by atoms with Crippen molar-refractivity contribution < 1.29 is 19.0 Å². The zero-order chi connectivity index (χ0) is 27.2. The number of anilines is 1. The van der Waals surface area contributed by atoms with Crippen molar-refractivity contribution in [3.63, 3.8) is 0 Å². The number of likely N-dealkylation sites (tertiary alicyclic amines) is 1. The highest BCUT2D eigenvalue weighted by atomic mass is 32.1. The second kappa shape index (κ2) is 12.5. The van der Waals surface area contributed by atoms with Crippen molar-refractivity contribution in [2.45, 2.75) is 25.9 Å². The molecule has 7 heteroatoms. The Kier molecular flexibility index (Phi) is 8.69. The number of benzene rings is 3. The van der Waals surface area contributed by atoms with Crippen LogP contribution in [0, 0.1) is 0 Å². The summed E-state index contributed by atoms with van der Waals surface area (Å²) in [6, 6.07) is 21.4. The lowest BCUT2D eigenvalue weighted by atomic mass is 10.0. The Balaban J connectivity index is 1.36. The van der Waals surface area contributed by atoms with Crippen molar-refractivity contribution in [2.24, 2.45) is 0 Å². The number of nitrogens with zero attached hydrogens (tertiary/aromatic N) is 2. The Hall–Kier alpha value is -3.55. The first-order valence-corrected chi connectivity index (χ1v) is 14.3. The lowest BCUT2D eigenvalue weighted by Crippen LogP contribution is -2.33. The van der Waals surface area contributed by atoms with Gasteiger partial charge in [-0.2, -0.15) is 0 Å². The molecule has 39 heavy (non-hydrogen) atoms. The first-order valence-electron chi connectivity index (χ1n) is 13.5. The molecule has 1 aliphatic rings. The lowest BCUT2D eigenvalue weighted by molar-refractivity contribution is 0.104. The van der Waals surface area contributed by atoms with Crippen LogP contribution in [0.25, 0.3) is 10.1 Å². The van der Waals surface area contributed by atoms with Crippen molar-refractivity contribution in [1.82, 2.24) is 4.90 Å². The van der Waals surface area contributed by atoms with Crippen LogP contribution < -0.4 is 19.1 Å². The van der Waals surface area contributed by atoms with Gasteiger partial charge < -0.3 is 19.1 Å². The summed E-state index contributed by atoms with van der Waals surface area (Å²) >= 11 is 1.58. The molecule has 0 unspecified atom stereocenters. The third-order valence-electron chi connectivity index (χ3n) is 7.07. The van der Waals surface area contributed by atoms with Gasteiger partial charge in [0.25, 0.3) is 0 Å². The number of rotatable bonds is 11. The lowest BCUT2D eigenvalue weighted by Gasteiger charge is -2.26. The van der Waals surface area contributed by atoms with Crippen molar-refractivity contribution in [1.29, 1.82) is 0 Å². The molecule has 6 nitrogen and oxygen atoms in total. The molecular formula is C32H36N2O4S. The van der Waals surface area contributed by atoms with Gasteiger partial charge in [-0.3, -0.25) is 9.69 Å². The maximum Gasteiger partial charge on any atom is 0.196 e. The summed E-state index contributed by atoms with van der Waals surface area (Å²) in [7, 11) is 5.55. The normalized spacial score (nSPS) is 13.8. The van der Waals surface area contributed by atoms with Crippen molar-refractivity contribution in [3.8, 4) is 17.2 Å². The van der Waals surface area contributed by atoms with Crippen LogP contribution in [0.4, 0.5) is 5.00 Å². The molecule has 0 spiro atoms. The molecule has 5 rings (SSSR count). The summed E-state index contributed by atoms with van der Waals surface area (Å²) in [6.45, 7) is 4.34. The molecule has 3 aromatic carbocycles. The van der Waals surface area contributed by atoms with Gasteiger partial charge in [0.1, 0.15) is 24.0 Å². The van der Waals surface area contributed by atoms with Crippen LogP contribution in [0.2, 0.25) is 0 Å². The number of hydrogen-bond acceptors (Lipinski definition) is 7. The summed E-state index contributed by atoms with van der Waals surface area (Å²) in [6.07, 6.45) is 3.88. The van der Waals surface area contributed by atoms with E-state index in [9.17, 15) is 4.79 Å². The van der Waals surface area contributed by atoms with E-state index in [4.69, 9.17) is 14.2 Å². The van der Waals surface area contributed by atoms with E-state index in [2.05, 4.69) is 4.90 Å². The van der Waals surface area contributed by atoms with Gasteiger partial charge in [0.15, 0.2) is 17.3 Å². The molecule has 0 aliphatic carbocycles. The molecule has 0 radical (unpaired) electrons. The zero-order valence-electron chi connectivity index (χ0n) is 22.9. The van der Waals surface area contributed by atoms with Crippen molar-refractivity contribution >= 4 is 32.2 Å². The van der Waals surface area contributed by atoms with Crippen LogP contribution in [-0.4, -0.2) is 58.1 Å². The average molecular weight is 545 g/mol. The van der Waals surface area contributed by atoms with Crippen LogP contribution in [0.1, 0.15) is 40.7 Å². The fourth-order valence-corrected chi connectivity index (χ4v) is 6.09. The fourth-order valence-electron chi connectivity index (χ4n) is 4.96. The Morgan fingerprint density at radius 1 is 0.923 bits per heavy atom. The number of carbonyl (C=O) groups excluding carboxylic acids is 1. The van der Waals surface area contributed by atoms with E-state index in [0.717, 1.165) is 46.0 Å². The van der Waals surface area contributed by atoms with Crippen LogP contribution in [0.5, 0.6) is 17.2 Å². The van der Waals surface area contributed by atoms with Crippen LogP contribution in [0.15, 0.2) is 66.7 Å². The number of hydrogen-bond donors (Lipinski definition) is 0. The van der Waals surface area contributed by atoms with Gasteiger partial charge >= 0.3 is 0 Å². The highest BCUT2D eigenvalue weighted by molar-refractivity contribution is 7.23. The smallest absolute Gasteiger partial charge is 0.196 e. The highest BCUT2D eigenvalue weighted by Gasteiger charge is 2.24. The molecule has 4 aromatic rings. The zero-order valence-corrected chi connectivity index (χ0v) is 23.8. The van der Waals surface area contributed by atoms with E-state index >= 15 is 0 Å². The topological polar surface area (TPSA) is 51.2 Å². The van der Waals surface area contributed by atoms with E-state index in [1.807, 2.05) is 85.7 Å². The van der Waals surface area contributed by atoms with Gasteiger partial charge in [-0.25, -0.2) is 0 Å². The minimum Gasteiger partial charge on any atom is -0.493 e. The average Bonchev–Trinajstić information content (AvgIpc) is 3.35. The third-order valence-corrected chi connectivity index (χ3v) is 8.39. The first-order chi connectivity index (χ1) is 19.0. The van der Waals surface area contributed by atoms with E-state index in [1.165, 1.54) is 19.3 Å². The predicted molar refractivity (Wildman–Crippen MR) is 159 cm³/mol. The maximum atomic E-state index is 13.8. The summed E-state index contributed by atoms with van der Waals surface area (Å²) in [5, 5.41) is 1.76. The Morgan fingerprint density at radius 3 is 2.36 bits per heavy atom. The van der Waals surface area contributed by atoms with Gasteiger partial charge in [-0.05, 0) is 61.8 Å². The molecule has 0 atom stereocenters. The number of thiophene rings is 1. The molecule has 0 amide bonds. The summed E-state index contributed by atoms with van der Waals surface area (Å²) in [5.41, 5.74) is 2.38. The Morgan fingerprint density at radius 2 is 1.67 bits per heavy atom. The Labute approximate surface area is 234 Å². The minimum atomic E-state index is -0.0233. The standard InChI is InChI=1S/C32H36N2O4S/c1-33(2)32-30(31(35)24-12-14-25(15-13-24)37-19-18-34-16-8-5-9-17-34)26-20-27(36-3)28(21-29(26)39-32)38-22-23-10-6-4-7-11-23/h4,6-7,10-15,20-21H,5,8-9,16-19,22H2,1-3H3. The van der Waals surface area contributed by atoms with Gasteiger partial charge in [0.05, 0.1) is 12.7 Å². The quantitative estimate of drug-likeness (QED) is 0.197. The number of ether oxygens (including phenoxy) is 3. The van der Waals surface area contributed by atoms with Crippen molar-refractivity contribution in [3.05, 3.63) is 83.4 Å². The van der Waals surface area contributed by atoms with Crippen LogP contribution in [-0.2, 0) is 6.61 Å².